The van der Waals surface area contributed by atoms with E-state index >= 15 is 0 Å². The second kappa shape index (κ2) is 9.97. The van der Waals surface area contributed by atoms with Gasteiger partial charge in [0.2, 0.25) is 0 Å². The molecule has 0 unspecified atom stereocenters. The predicted octanol–water partition coefficient (Wildman–Crippen LogP) is 4.22. The van der Waals surface area contributed by atoms with Crippen LogP contribution in [0.5, 0.6) is 5.75 Å². The molecule has 1 aliphatic rings. The Morgan fingerprint density at radius 3 is 2.37 bits per heavy atom. The summed E-state index contributed by atoms with van der Waals surface area (Å²) in [4.78, 5) is 16.8. The summed E-state index contributed by atoms with van der Waals surface area (Å²) in [6, 6.07) is 17.6. The second-order valence-electron chi connectivity index (χ2n) is 6.91. The quantitative estimate of drug-likeness (QED) is 0.797. The van der Waals surface area contributed by atoms with Crippen LogP contribution in [-0.4, -0.2) is 48.6 Å². The van der Waals surface area contributed by atoms with Crippen LogP contribution in [0.3, 0.4) is 0 Å². The van der Waals surface area contributed by atoms with Gasteiger partial charge in [-0.25, -0.2) is 4.79 Å². The number of rotatable bonds is 7. The Morgan fingerprint density at radius 2 is 1.70 bits per heavy atom. The summed E-state index contributed by atoms with van der Waals surface area (Å²) in [7, 11) is 0. The molecule has 2 aromatic carbocycles. The minimum atomic E-state index is -0.0249. The van der Waals surface area contributed by atoms with Gasteiger partial charge in [0.15, 0.2) is 0 Å². The number of urea groups is 1. The molecule has 3 rings (SSSR count). The molecule has 1 N–H and O–H groups in total. The Hall–Kier alpha value is -2.53. The van der Waals surface area contributed by atoms with E-state index < -0.39 is 0 Å². The molecular weight excluding hydrogens is 338 g/mol. The smallest absolute Gasteiger partial charge is 0.321 e. The molecule has 0 spiro atoms. The van der Waals surface area contributed by atoms with Gasteiger partial charge in [-0.05, 0) is 42.8 Å². The van der Waals surface area contributed by atoms with Crippen LogP contribution in [0.15, 0.2) is 54.6 Å². The number of carbonyl (C=O) groups excluding carboxylic acids is 1. The van der Waals surface area contributed by atoms with Crippen molar-refractivity contribution in [2.45, 2.75) is 26.4 Å². The molecule has 0 aliphatic carbocycles. The van der Waals surface area contributed by atoms with Gasteiger partial charge in [0, 0.05) is 31.9 Å². The molecule has 2 amide bonds. The van der Waals surface area contributed by atoms with Crippen molar-refractivity contribution in [1.29, 1.82) is 0 Å². The number of anilines is 1. The van der Waals surface area contributed by atoms with Crippen molar-refractivity contribution in [2.24, 2.45) is 0 Å². The molecule has 5 heteroatoms. The van der Waals surface area contributed by atoms with Gasteiger partial charge in [-0.3, -0.25) is 4.90 Å². The number of piperazine rings is 1. The number of amides is 2. The second-order valence-corrected chi connectivity index (χ2v) is 6.91. The lowest BCUT2D eigenvalue weighted by Crippen LogP contribution is -2.50. The third-order valence-electron chi connectivity index (χ3n) is 4.84. The summed E-state index contributed by atoms with van der Waals surface area (Å²) < 4.78 is 5.78. The average Bonchev–Trinajstić information content (AvgIpc) is 2.73. The Labute approximate surface area is 161 Å². The SMILES string of the molecule is CCCCN1CCN(C(=O)Nc2ccc(OCc3ccccc3)cc2)CC1. The van der Waals surface area contributed by atoms with E-state index in [0.717, 1.165) is 49.7 Å². The van der Waals surface area contributed by atoms with Gasteiger partial charge in [-0.15, -0.1) is 0 Å². The van der Waals surface area contributed by atoms with Crippen molar-refractivity contribution in [3.63, 3.8) is 0 Å². The fraction of sp³-hybridized carbons (Fsp3) is 0.409. The first-order valence-electron chi connectivity index (χ1n) is 9.79. The van der Waals surface area contributed by atoms with Crippen LogP contribution < -0.4 is 10.1 Å². The number of nitrogens with zero attached hydrogens (tertiary/aromatic N) is 2. The molecule has 0 aromatic heterocycles. The summed E-state index contributed by atoms with van der Waals surface area (Å²) in [6.07, 6.45) is 2.44. The summed E-state index contributed by atoms with van der Waals surface area (Å²) in [5, 5.41) is 2.98. The first kappa shape index (κ1) is 19.2. The van der Waals surface area contributed by atoms with Crippen molar-refractivity contribution >= 4 is 11.7 Å². The molecule has 27 heavy (non-hydrogen) atoms. The van der Waals surface area contributed by atoms with Crippen molar-refractivity contribution in [1.82, 2.24) is 9.80 Å². The zero-order valence-corrected chi connectivity index (χ0v) is 16.1. The maximum absolute atomic E-state index is 12.4. The van der Waals surface area contributed by atoms with Crippen LogP contribution in [0.4, 0.5) is 10.5 Å². The normalized spacial score (nSPS) is 14.8. The molecule has 5 nitrogen and oxygen atoms in total. The molecule has 1 aliphatic heterocycles. The van der Waals surface area contributed by atoms with Crippen LogP contribution in [0.1, 0.15) is 25.3 Å². The zero-order valence-electron chi connectivity index (χ0n) is 16.1. The van der Waals surface area contributed by atoms with E-state index in [1.165, 1.54) is 12.8 Å². The van der Waals surface area contributed by atoms with Crippen molar-refractivity contribution in [3.8, 4) is 5.75 Å². The van der Waals surface area contributed by atoms with E-state index in [-0.39, 0.29) is 6.03 Å². The number of nitrogens with one attached hydrogen (secondary N) is 1. The molecule has 0 atom stereocenters. The van der Waals surface area contributed by atoms with E-state index in [1.807, 2.05) is 59.5 Å². The average molecular weight is 367 g/mol. The van der Waals surface area contributed by atoms with Gasteiger partial charge >= 0.3 is 6.03 Å². The van der Waals surface area contributed by atoms with Gasteiger partial charge in [0.05, 0.1) is 0 Å². The van der Waals surface area contributed by atoms with E-state index in [9.17, 15) is 4.79 Å². The van der Waals surface area contributed by atoms with Gasteiger partial charge in [-0.2, -0.15) is 0 Å². The van der Waals surface area contributed by atoms with E-state index in [2.05, 4.69) is 17.1 Å². The number of carbonyl (C=O) groups is 1. The van der Waals surface area contributed by atoms with Gasteiger partial charge in [-0.1, -0.05) is 43.7 Å². The predicted molar refractivity (Wildman–Crippen MR) is 109 cm³/mol. The summed E-state index contributed by atoms with van der Waals surface area (Å²) in [5.41, 5.74) is 1.92. The van der Waals surface area contributed by atoms with Crippen LogP contribution in [-0.2, 0) is 6.61 Å². The maximum Gasteiger partial charge on any atom is 0.321 e. The zero-order chi connectivity index (χ0) is 18.9. The maximum atomic E-state index is 12.4. The Balaban J connectivity index is 1.43. The monoisotopic (exact) mass is 367 g/mol. The Kier molecular flexibility index (Phi) is 7.11. The van der Waals surface area contributed by atoms with Crippen LogP contribution in [0.25, 0.3) is 0 Å². The highest BCUT2D eigenvalue weighted by Crippen LogP contribution is 2.18. The van der Waals surface area contributed by atoms with Crippen molar-refractivity contribution in [2.75, 3.05) is 38.0 Å². The Morgan fingerprint density at radius 1 is 1.00 bits per heavy atom. The number of hydrogen-bond donors (Lipinski definition) is 1. The number of benzene rings is 2. The molecule has 0 saturated carbocycles. The molecule has 1 heterocycles. The van der Waals surface area contributed by atoms with E-state index in [4.69, 9.17) is 4.74 Å². The fourth-order valence-electron chi connectivity index (χ4n) is 3.13. The minimum Gasteiger partial charge on any atom is -0.489 e. The summed E-state index contributed by atoms with van der Waals surface area (Å²) in [6.45, 7) is 7.37. The third kappa shape index (κ3) is 6.00. The molecule has 144 valence electrons. The van der Waals surface area contributed by atoms with Gasteiger partial charge in [0.1, 0.15) is 12.4 Å². The molecule has 1 saturated heterocycles. The van der Waals surface area contributed by atoms with Crippen LogP contribution in [0.2, 0.25) is 0 Å². The number of ether oxygens (including phenoxy) is 1. The molecule has 0 radical (unpaired) electrons. The molecule has 1 fully saturated rings. The lowest BCUT2D eigenvalue weighted by molar-refractivity contribution is 0.146. The van der Waals surface area contributed by atoms with Crippen molar-refractivity contribution in [3.05, 3.63) is 60.2 Å². The Bertz CT molecular complexity index is 695. The lowest BCUT2D eigenvalue weighted by Gasteiger charge is -2.34. The number of unbranched alkanes of at least 4 members (excludes halogenated alkanes) is 1. The minimum absolute atomic E-state index is 0.0249. The first-order valence-corrected chi connectivity index (χ1v) is 9.79. The standard InChI is InChI=1S/C22H29N3O2/c1-2-3-13-24-14-16-25(17-15-24)22(26)23-20-9-11-21(12-10-20)27-18-19-7-5-4-6-8-19/h4-12H,2-3,13-18H2,1H3,(H,23,26). The van der Waals surface area contributed by atoms with Crippen molar-refractivity contribution < 1.29 is 9.53 Å². The highest BCUT2D eigenvalue weighted by molar-refractivity contribution is 5.89. The van der Waals surface area contributed by atoms with Crippen LogP contribution >= 0.6 is 0 Å². The van der Waals surface area contributed by atoms with Crippen LogP contribution in [0, 0.1) is 0 Å². The largest absolute Gasteiger partial charge is 0.489 e. The summed E-state index contributed by atoms with van der Waals surface area (Å²) in [5.74, 6) is 0.793. The number of hydrogen-bond acceptors (Lipinski definition) is 3. The highest BCUT2D eigenvalue weighted by Gasteiger charge is 2.20. The fourth-order valence-corrected chi connectivity index (χ4v) is 3.13. The third-order valence-corrected chi connectivity index (χ3v) is 4.84. The topological polar surface area (TPSA) is 44.8 Å². The van der Waals surface area contributed by atoms with E-state index in [0.29, 0.717) is 6.61 Å². The van der Waals surface area contributed by atoms with Gasteiger partial charge in [0.25, 0.3) is 0 Å². The summed E-state index contributed by atoms with van der Waals surface area (Å²) >= 11 is 0. The van der Waals surface area contributed by atoms with E-state index in [1.54, 1.807) is 0 Å². The van der Waals surface area contributed by atoms with Gasteiger partial charge < -0.3 is 15.0 Å². The molecule has 0 bridgehead atoms. The lowest BCUT2D eigenvalue weighted by atomic mass is 10.2. The first-order chi connectivity index (χ1) is 13.2. The molecule has 2 aromatic rings. The molecular formula is C22H29N3O2. The highest BCUT2D eigenvalue weighted by atomic mass is 16.5.